The summed E-state index contributed by atoms with van der Waals surface area (Å²) in [4.78, 5) is 12.2. The first-order valence-corrected chi connectivity index (χ1v) is 10.8. The summed E-state index contributed by atoms with van der Waals surface area (Å²) in [5.74, 6) is 0.523. The number of hydrogen-bond donors (Lipinski definition) is 2. The van der Waals surface area contributed by atoms with E-state index in [1.54, 1.807) is 6.07 Å². The van der Waals surface area contributed by atoms with E-state index in [4.69, 9.17) is 15.2 Å². The Bertz CT molecular complexity index is 748. The Morgan fingerprint density at radius 2 is 1.78 bits per heavy atom. The second kappa shape index (κ2) is 9.61. The SMILES string of the molecule is Cl.NC1CCC(NC(=O)CCS(=O)(=O)c2ccc3c(c2)OCCCO3)CC1. The van der Waals surface area contributed by atoms with Gasteiger partial charge in [-0.05, 0) is 37.8 Å². The summed E-state index contributed by atoms with van der Waals surface area (Å²) in [6.45, 7) is 1.04. The molecule has 0 unspecified atom stereocenters. The molecule has 0 spiro atoms. The number of carbonyl (C=O) groups excluding carboxylic acids is 1. The first-order valence-electron chi connectivity index (χ1n) is 9.11. The molecule has 1 aromatic rings. The van der Waals surface area contributed by atoms with Crippen LogP contribution in [0.25, 0.3) is 0 Å². The van der Waals surface area contributed by atoms with Crippen molar-refractivity contribution in [3.8, 4) is 11.5 Å². The summed E-state index contributed by atoms with van der Waals surface area (Å²) in [5, 5.41) is 2.92. The molecule has 1 aliphatic carbocycles. The van der Waals surface area contributed by atoms with Crippen molar-refractivity contribution in [3.63, 3.8) is 0 Å². The lowest BCUT2D eigenvalue weighted by Gasteiger charge is -2.26. The van der Waals surface area contributed by atoms with Crippen LogP contribution in [0.1, 0.15) is 38.5 Å². The summed E-state index contributed by atoms with van der Waals surface area (Å²) in [6.07, 6.45) is 4.17. The molecule has 27 heavy (non-hydrogen) atoms. The number of amides is 1. The molecule has 1 heterocycles. The molecule has 1 saturated carbocycles. The van der Waals surface area contributed by atoms with Crippen LogP contribution >= 0.6 is 12.4 Å². The van der Waals surface area contributed by atoms with E-state index < -0.39 is 9.84 Å². The van der Waals surface area contributed by atoms with E-state index in [2.05, 4.69) is 5.32 Å². The monoisotopic (exact) mass is 418 g/mol. The Labute approximate surface area is 166 Å². The zero-order valence-electron chi connectivity index (χ0n) is 15.2. The van der Waals surface area contributed by atoms with Gasteiger partial charge in [0.05, 0.1) is 23.9 Å². The molecule has 152 valence electrons. The van der Waals surface area contributed by atoms with E-state index >= 15 is 0 Å². The fourth-order valence-corrected chi connectivity index (χ4v) is 4.50. The van der Waals surface area contributed by atoms with Gasteiger partial charge in [0.1, 0.15) is 0 Å². The van der Waals surface area contributed by atoms with Crippen molar-refractivity contribution in [2.75, 3.05) is 19.0 Å². The zero-order chi connectivity index (χ0) is 18.6. The third-order valence-corrected chi connectivity index (χ3v) is 6.53. The van der Waals surface area contributed by atoms with Gasteiger partial charge >= 0.3 is 0 Å². The van der Waals surface area contributed by atoms with Crippen LogP contribution in [0, 0.1) is 0 Å². The van der Waals surface area contributed by atoms with E-state index in [1.165, 1.54) is 12.1 Å². The van der Waals surface area contributed by atoms with Crippen molar-refractivity contribution in [3.05, 3.63) is 18.2 Å². The van der Waals surface area contributed by atoms with Crippen LogP contribution in [-0.2, 0) is 14.6 Å². The third-order valence-electron chi connectivity index (χ3n) is 4.81. The van der Waals surface area contributed by atoms with Gasteiger partial charge in [0, 0.05) is 31.0 Å². The average Bonchev–Trinajstić information content (AvgIpc) is 2.87. The molecule has 7 nitrogen and oxygen atoms in total. The lowest BCUT2D eigenvalue weighted by molar-refractivity contribution is -0.121. The Kier molecular flexibility index (Phi) is 7.76. The minimum absolute atomic E-state index is 0. The van der Waals surface area contributed by atoms with Gasteiger partial charge in [-0.15, -0.1) is 12.4 Å². The predicted molar refractivity (Wildman–Crippen MR) is 104 cm³/mol. The second-order valence-electron chi connectivity index (χ2n) is 6.91. The Hall–Kier alpha value is -1.51. The fraction of sp³-hybridized carbons (Fsp3) is 0.611. The average molecular weight is 419 g/mol. The van der Waals surface area contributed by atoms with E-state index in [0.717, 1.165) is 32.1 Å². The molecular formula is C18H27ClN2O5S. The quantitative estimate of drug-likeness (QED) is 0.755. The van der Waals surface area contributed by atoms with Crippen molar-refractivity contribution in [2.24, 2.45) is 5.73 Å². The van der Waals surface area contributed by atoms with Crippen LogP contribution < -0.4 is 20.5 Å². The van der Waals surface area contributed by atoms with Gasteiger partial charge in [-0.2, -0.15) is 0 Å². The zero-order valence-corrected chi connectivity index (χ0v) is 16.8. The first-order chi connectivity index (χ1) is 12.4. The number of benzene rings is 1. The summed E-state index contributed by atoms with van der Waals surface area (Å²) in [7, 11) is -3.57. The number of rotatable bonds is 5. The molecule has 0 radical (unpaired) electrons. The standard InChI is InChI=1S/C18H26N2O5S.ClH/c19-13-2-4-14(5-3-13)20-18(21)8-11-26(22,23)15-6-7-16-17(12-15)25-10-1-9-24-16;/h6-7,12-14H,1-5,8-11,19H2,(H,20,21);1H. The van der Waals surface area contributed by atoms with Crippen LogP contribution in [-0.4, -0.2) is 45.4 Å². The molecule has 1 fully saturated rings. The molecule has 0 saturated heterocycles. The van der Waals surface area contributed by atoms with Crippen molar-refractivity contribution in [2.45, 2.75) is 55.5 Å². The summed E-state index contributed by atoms with van der Waals surface area (Å²) >= 11 is 0. The van der Waals surface area contributed by atoms with Crippen molar-refractivity contribution >= 4 is 28.2 Å². The van der Waals surface area contributed by atoms with Gasteiger partial charge in [-0.25, -0.2) is 8.42 Å². The highest BCUT2D eigenvalue weighted by atomic mass is 35.5. The summed E-state index contributed by atoms with van der Waals surface area (Å²) in [5.41, 5.74) is 5.85. The Morgan fingerprint density at radius 3 is 2.48 bits per heavy atom. The smallest absolute Gasteiger partial charge is 0.221 e. The number of halogens is 1. The number of ether oxygens (including phenoxy) is 2. The molecule has 0 atom stereocenters. The van der Waals surface area contributed by atoms with Gasteiger partial charge < -0.3 is 20.5 Å². The summed E-state index contributed by atoms with van der Waals surface area (Å²) in [6, 6.07) is 4.91. The molecule has 1 aliphatic heterocycles. The number of nitrogens with two attached hydrogens (primary N) is 1. The minimum atomic E-state index is -3.57. The largest absolute Gasteiger partial charge is 0.490 e. The van der Waals surface area contributed by atoms with Gasteiger partial charge in [-0.3, -0.25) is 4.79 Å². The fourth-order valence-electron chi connectivity index (χ4n) is 3.25. The van der Waals surface area contributed by atoms with Crippen LogP contribution in [0.4, 0.5) is 0 Å². The van der Waals surface area contributed by atoms with Crippen molar-refractivity contribution < 1.29 is 22.7 Å². The van der Waals surface area contributed by atoms with E-state index in [-0.39, 0.29) is 47.5 Å². The van der Waals surface area contributed by atoms with Crippen LogP contribution in [0.2, 0.25) is 0 Å². The topological polar surface area (TPSA) is 108 Å². The normalized spacial score (nSPS) is 22.3. The van der Waals surface area contributed by atoms with Crippen molar-refractivity contribution in [1.82, 2.24) is 5.32 Å². The molecule has 1 aromatic carbocycles. The molecule has 0 aromatic heterocycles. The predicted octanol–water partition coefficient (Wildman–Crippen LogP) is 1.82. The van der Waals surface area contributed by atoms with E-state index in [0.29, 0.717) is 24.7 Å². The highest BCUT2D eigenvalue weighted by Gasteiger charge is 2.23. The van der Waals surface area contributed by atoms with Gasteiger partial charge in [0.25, 0.3) is 0 Å². The van der Waals surface area contributed by atoms with Gasteiger partial charge in [0.15, 0.2) is 21.3 Å². The lowest BCUT2D eigenvalue weighted by Crippen LogP contribution is -2.40. The third kappa shape index (κ3) is 5.99. The number of sulfone groups is 1. The number of nitrogens with one attached hydrogen (secondary N) is 1. The maximum absolute atomic E-state index is 12.6. The van der Waals surface area contributed by atoms with E-state index in [9.17, 15) is 13.2 Å². The molecule has 3 N–H and O–H groups in total. The van der Waals surface area contributed by atoms with Crippen LogP contribution in [0.15, 0.2) is 23.1 Å². The number of hydrogen-bond acceptors (Lipinski definition) is 6. The second-order valence-corrected chi connectivity index (χ2v) is 9.02. The minimum Gasteiger partial charge on any atom is -0.490 e. The van der Waals surface area contributed by atoms with Crippen LogP contribution in [0.3, 0.4) is 0 Å². The van der Waals surface area contributed by atoms with Crippen LogP contribution in [0.5, 0.6) is 11.5 Å². The highest BCUT2D eigenvalue weighted by Crippen LogP contribution is 2.32. The number of carbonyl (C=O) groups is 1. The maximum atomic E-state index is 12.6. The molecule has 2 aliphatic rings. The molecule has 1 amide bonds. The number of fused-ring (bicyclic) bond motifs is 1. The molecule has 9 heteroatoms. The molecule has 3 rings (SSSR count). The van der Waals surface area contributed by atoms with Crippen molar-refractivity contribution in [1.29, 1.82) is 0 Å². The summed E-state index contributed by atoms with van der Waals surface area (Å²) < 4.78 is 36.2. The lowest BCUT2D eigenvalue weighted by atomic mass is 9.92. The van der Waals surface area contributed by atoms with Gasteiger partial charge in [0.2, 0.25) is 5.91 Å². The van der Waals surface area contributed by atoms with E-state index in [1.807, 2.05) is 0 Å². The highest BCUT2D eigenvalue weighted by molar-refractivity contribution is 7.91. The maximum Gasteiger partial charge on any atom is 0.221 e. The Balaban J connectivity index is 0.00000261. The first kappa shape index (κ1) is 21.8. The molecular weight excluding hydrogens is 392 g/mol. The molecule has 0 bridgehead atoms. The Morgan fingerprint density at radius 1 is 1.11 bits per heavy atom. The van der Waals surface area contributed by atoms with Gasteiger partial charge in [-0.1, -0.05) is 0 Å².